The molecule has 0 saturated heterocycles. The van der Waals surface area contributed by atoms with Gasteiger partial charge in [-0.1, -0.05) is 12.1 Å². The van der Waals surface area contributed by atoms with Gasteiger partial charge in [0.25, 0.3) is 0 Å². The SMILES string of the molecule is O=C(CC1CCc2ccc3c(c21)CCO3)NCCC1CCc2ccc3c(c21)CCO3. The predicted molar refractivity (Wildman–Crippen MR) is 116 cm³/mol. The van der Waals surface area contributed by atoms with Crippen LogP contribution in [0.1, 0.15) is 70.9 Å². The van der Waals surface area contributed by atoms with Crippen LogP contribution in [0.2, 0.25) is 0 Å². The Labute approximate surface area is 178 Å². The number of benzene rings is 2. The number of ether oxygens (including phenoxy) is 2. The van der Waals surface area contributed by atoms with Crippen molar-refractivity contribution in [2.45, 2.75) is 63.2 Å². The van der Waals surface area contributed by atoms with Crippen LogP contribution < -0.4 is 14.8 Å². The van der Waals surface area contributed by atoms with Crippen LogP contribution in [0.25, 0.3) is 0 Å². The van der Waals surface area contributed by atoms with Gasteiger partial charge >= 0.3 is 0 Å². The average molecular weight is 404 g/mol. The Morgan fingerprint density at radius 1 is 0.833 bits per heavy atom. The zero-order valence-electron chi connectivity index (χ0n) is 17.5. The summed E-state index contributed by atoms with van der Waals surface area (Å²) >= 11 is 0. The third-order valence-corrected chi connectivity index (χ3v) is 7.62. The summed E-state index contributed by atoms with van der Waals surface area (Å²) in [5, 5.41) is 3.23. The van der Waals surface area contributed by atoms with E-state index < -0.39 is 0 Å². The minimum Gasteiger partial charge on any atom is -0.493 e. The van der Waals surface area contributed by atoms with Gasteiger partial charge in [0.05, 0.1) is 13.2 Å². The zero-order chi connectivity index (χ0) is 20.1. The second-order valence-electron chi connectivity index (χ2n) is 9.24. The van der Waals surface area contributed by atoms with Gasteiger partial charge in [-0.2, -0.15) is 0 Å². The van der Waals surface area contributed by atoms with E-state index in [0.717, 1.165) is 69.8 Å². The number of amides is 1. The van der Waals surface area contributed by atoms with Gasteiger partial charge < -0.3 is 14.8 Å². The molecule has 0 bridgehead atoms. The molecule has 4 aliphatic rings. The van der Waals surface area contributed by atoms with Crippen molar-refractivity contribution < 1.29 is 14.3 Å². The summed E-state index contributed by atoms with van der Waals surface area (Å²) in [5.74, 6) is 3.23. The van der Waals surface area contributed by atoms with Gasteiger partial charge in [0.1, 0.15) is 11.5 Å². The van der Waals surface area contributed by atoms with Crippen molar-refractivity contribution in [3.05, 3.63) is 57.6 Å². The third kappa shape index (κ3) is 3.00. The molecule has 6 rings (SSSR count). The lowest BCUT2D eigenvalue weighted by Crippen LogP contribution is -2.26. The van der Waals surface area contributed by atoms with E-state index in [-0.39, 0.29) is 5.91 Å². The highest BCUT2D eigenvalue weighted by atomic mass is 16.5. The standard InChI is InChI=1S/C26H29NO3/c28-24(15-19-4-3-17-6-8-23-21(26(17)19)11-14-30-23)27-12-9-18-2-1-16-5-7-22-20(25(16)18)10-13-29-22/h5-8,18-19H,1-4,9-15H2,(H,27,28). The molecule has 0 saturated carbocycles. The van der Waals surface area contributed by atoms with Crippen LogP contribution in [-0.4, -0.2) is 25.7 Å². The summed E-state index contributed by atoms with van der Waals surface area (Å²) in [4.78, 5) is 12.8. The molecule has 2 aliphatic carbocycles. The lowest BCUT2D eigenvalue weighted by molar-refractivity contribution is -0.121. The van der Waals surface area contributed by atoms with E-state index in [4.69, 9.17) is 9.47 Å². The normalized spacial score (nSPS) is 22.7. The molecule has 4 heteroatoms. The number of hydrogen-bond donors (Lipinski definition) is 1. The molecule has 1 amide bonds. The maximum absolute atomic E-state index is 12.8. The molecule has 0 radical (unpaired) electrons. The lowest BCUT2D eigenvalue weighted by atomic mass is 9.91. The highest BCUT2D eigenvalue weighted by molar-refractivity contribution is 5.77. The third-order valence-electron chi connectivity index (χ3n) is 7.62. The number of hydrogen-bond acceptors (Lipinski definition) is 3. The van der Waals surface area contributed by atoms with E-state index >= 15 is 0 Å². The molecule has 2 aliphatic heterocycles. The molecule has 2 atom stereocenters. The van der Waals surface area contributed by atoms with Crippen molar-refractivity contribution in [3.63, 3.8) is 0 Å². The smallest absolute Gasteiger partial charge is 0.220 e. The molecular formula is C26H29NO3. The van der Waals surface area contributed by atoms with Crippen molar-refractivity contribution >= 4 is 5.91 Å². The van der Waals surface area contributed by atoms with Gasteiger partial charge in [0, 0.05) is 36.9 Å². The summed E-state index contributed by atoms with van der Waals surface area (Å²) in [5.41, 5.74) is 8.66. The summed E-state index contributed by atoms with van der Waals surface area (Å²) in [6, 6.07) is 8.71. The topological polar surface area (TPSA) is 47.6 Å². The Morgan fingerprint density at radius 2 is 1.43 bits per heavy atom. The van der Waals surface area contributed by atoms with Crippen molar-refractivity contribution in [2.24, 2.45) is 0 Å². The summed E-state index contributed by atoms with van der Waals surface area (Å²) < 4.78 is 11.5. The van der Waals surface area contributed by atoms with Crippen LogP contribution >= 0.6 is 0 Å². The van der Waals surface area contributed by atoms with Crippen molar-refractivity contribution in [1.29, 1.82) is 0 Å². The number of fused-ring (bicyclic) bond motifs is 6. The van der Waals surface area contributed by atoms with Crippen molar-refractivity contribution in [1.82, 2.24) is 5.32 Å². The number of nitrogens with one attached hydrogen (secondary N) is 1. The van der Waals surface area contributed by atoms with Gasteiger partial charge in [-0.05, 0) is 78.3 Å². The second kappa shape index (κ2) is 7.33. The maximum atomic E-state index is 12.8. The second-order valence-corrected chi connectivity index (χ2v) is 9.24. The van der Waals surface area contributed by atoms with Gasteiger partial charge in [0.15, 0.2) is 0 Å². The van der Waals surface area contributed by atoms with Crippen molar-refractivity contribution in [3.8, 4) is 11.5 Å². The van der Waals surface area contributed by atoms with Crippen LogP contribution in [0, 0.1) is 0 Å². The first-order valence-electron chi connectivity index (χ1n) is 11.6. The molecule has 4 nitrogen and oxygen atoms in total. The number of carbonyl (C=O) groups is 1. The van der Waals surface area contributed by atoms with Crippen LogP contribution in [0.5, 0.6) is 11.5 Å². The lowest BCUT2D eigenvalue weighted by Gasteiger charge is -2.17. The molecule has 2 aromatic carbocycles. The fourth-order valence-electron chi connectivity index (χ4n) is 6.27. The molecular weight excluding hydrogens is 374 g/mol. The predicted octanol–water partition coefficient (Wildman–Crippen LogP) is 4.21. The fraction of sp³-hybridized carbons (Fsp3) is 0.500. The van der Waals surface area contributed by atoms with E-state index in [0.29, 0.717) is 18.3 Å². The molecule has 0 aromatic heterocycles. The van der Waals surface area contributed by atoms with Gasteiger partial charge in [-0.15, -0.1) is 0 Å². The molecule has 2 heterocycles. The van der Waals surface area contributed by atoms with Gasteiger partial charge in [-0.3, -0.25) is 4.79 Å². The molecule has 2 aromatic rings. The summed E-state index contributed by atoms with van der Waals surface area (Å²) in [6.45, 7) is 2.36. The molecule has 0 fully saturated rings. The van der Waals surface area contributed by atoms with E-state index in [1.807, 2.05) is 0 Å². The highest BCUT2D eigenvalue weighted by Crippen LogP contribution is 2.44. The minimum absolute atomic E-state index is 0.198. The molecule has 2 unspecified atom stereocenters. The Bertz CT molecular complexity index is 1010. The van der Waals surface area contributed by atoms with Crippen molar-refractivity contribution in [2.75, 3.05) is 19.8 Å². The number of carbonyl (C=O) groups excluding carboxylic acids is 1. The van der Waals surface area contributed by atoms with Gasteiger partial charge in [0.2, 0.25) is 5.91 Å². The Balaban J connectivity index is 1.08. The Morgan fingerprint density at radius 3 is 2.10 bits per heavy atom. The summed E-state index contributed by atoms with van der Waals surface area (Å²) in [6.07, 6.45) is 8.20. The van der Waals surface area contributed by atoms with Crippen LogP contribution in [0.4, 0.5) is 0 Å². The monoisotopic (exact) mass is 403 g/mol. The average Bonchev–Trinajstić information content (AvgIpc) is 3.52. The first-order valence-corrected chi connectivity index (χ1v) is 11.6. The van der Waals surface area contributed by atoms with E-state index in [1.165, 1.54) is 39.8 Å². The Kier molecular flexibility index (Phi) is 4.47. The first kappa shape index (κ1) is 18.3. The molecule has 30 heavy (non-hydrogen) atoms. The summed E-state index contributed by atoms with van der Waals surface area (Å²) in [7, 11) is 0. The Hall–Kier alpha value is -2.49. The molecule has 1 N–H and O–H groups in total. The largest absolute Gasteiger partial charge is 0.493 e. The molecule has 0 spiro atoms. The fourth-order valence-corrected chi connectivity index (χ4v) is 6.27. The van der Waals surface area contributed by atoms with Crippen LogP contribution in [0.15, 0.2) is 24.3 Å². The van der Waals surface area contributed by atoms with E-state index in [2.05, 4.69) is 29.6 Å². The van der Waals surface area contributed by atoms with E-state index in [9.17, 15) is 4.79 Å². The number of aryl methyl sites for hydroxylation is 2. The minimum atomic E-state index is 0.198. The first-order chi connectivity index (χ1) is 14.8. The van der Waals surface area contributed by atoms with Crippen LogP contribution in [-0.2, 0) is 30.5 Å². The maximum Gasteiger partial charge on any atom is 0.220 e. The molecule has 156 valence electrons. The highest BCUT2D eigenvalue weighted by Gasteiger charge is 2.32. The van der Waals surface area contributed by atoms with Gasteiger partial charge in [-0.25, -0.2) is 0 Å². The van der Waals surface area contributed by atoms with Crippen LogP contribution in [0.3, 0.4) is 0 Å². The number of rotatable bonds is 5. The zero-order valence-corrected chi connectivity index (χ0v) is 17.5. The quantitative estimate of drug-likeness (QED) is 0.813. The van der Waals surface area contributed by atoms with E-state index in [1.54, 1.807) is 0 Å².